The summed E-state index contributed by atoms with van der Waals surface area (Å²) in [5.41, 5.74) is -0.653. The van der Waals surface area contributed by atoms with Gasteiger partial charge in [0.05, 0.1) is 19.3 Å². The highest BCUT2D eigenvalue weighted by molar-refractivity contribution is 5.87. The van der Waals surface area contributed by atoms with Crippen LogP contribution in [0.4, 0.5) is 4.79 Å². The lowest BCUT2D eigenvalue weighted by Crippen LogP contribution is -2.65. The third-order valence-electron chi connectivity index (χ3n) is 4.54. The molecular formula is C22H33NO5. The van der Waals surface area contributed by atoms with E-state index < -0.39 is 23.2 Å². The quantitative estimate of drug-likeness (QED) is 0.672. The number of carbonyl (C=O) groups is 2. The lowest BCUT2D eigenvalue weighted by molar-refractivity contribution is -0.165. The van der Waals surface area contributed by atoms with Gasteiger partial charge in [-0.2, -0.15) is 0 Å². The van der Waals surface area contributed by atoms with Crippen molar-refractivity contribution in [2.45, 2.75) is 77.7 Å². The van der Waals surface area contributed by atoms with Crippen molar-refractivity contribution in [2.24, 2.45) is 5.92 Å². The van der Waals surface area contributed by atoms with E-state index in [4.69, 9.17) is 14.2 Å². The van der Waals surface area contributed by atoms with Gasteiger partial charge in [0.2, 0.25) is 0 Å². The predicted octanol–water partition coefficient (Wildman–Crippen LogP) is 4.22. The van der Waals surface area contributed by atoms with Gasteiger partial charge < -0.3 is 19.5 Å². The first-order chi connectivity index (χ1) is 13.1. The van der Waals surface area contributed by atoms with E-state index in [1.807, 2.05) is 30.3 Å². The zero-order chi connectivity index (χ0) is 20.8. The number of hydrogen-bond acceptors (Lipinski definition) is 5. The van der Waals surface area contributed by atoms with Crippen molar-refractivity contribution in [3.05, 3.63) is 35.9 Å². The number of hydrogen-bond donors (Lipinski definition) is 1. The standard InChI is InChI=1S/C22H33NO5/c1-16(2)11-12-26-19(24)22(23-20(25)28-21(3,4)5)13-18(14-22)27-15-17-9-7-6-8-10-17/h6-10,16,18H,11-15H2,1-5H3,(H,23,25). The van der Waals surface area contributed by atoms with Gasteiger partial charge in [-0.15, -0.1) is 0 Å². The first-order valence-electron chi connectivity index (χ1n) is 9.93. The monoisotopic (exact) mass is 391 g/mol. The van der Waals surface area contributed by atoms with Crippen LogP contribution in [0.15, 0.2) is 30.3 Å². The van der Waals surface area contributed by atoms with Crippen molar-refractivity contribution in [2.75, 3.05) is 6.61 Å². The molecule has 0 atom stereocenters. The lowest BCUT2D eigenvalue weighted by Gasteiger charge is -2.45. The van der Waals surface area contributed by atoms with Crippen LogP contribution in [0, 0.1) is 5.92 Å². The third-order valence-corrected chi connectivity index (χ3v) is 4.54. The Morgan fingerprint density at radius 1 is 1.18 bits per heavy atom. The van der Waals surface area contributed by atoms with Gasteiger partial charge in [-0.25, -0.2) is 9.59 Å². The molecule has 6 heteroatoms. The third kappa shape index (κ3) is 6.82. The Balaban J connectivity index is 1.94. The van der Waals surface area contributed by atoms with E-state index in [1.54, 1.807) is 20.8 Å². The highest BCUT2D eigenvalue weighted by Crippen LogP contribution is 2.37. The molecule has 156 valence electrons. The van der Waals surface area contributed by atoms with Crippen LogP contribution in [0.5, 0.6) is 0 Å². The summed E-state index contributed by atoms with van der Waals surface area (Å²) >= 11 is 0. The number of rotatable bonds is 8. The Labute approximate surface area is 167 Å². The minimum Gasteiger partial charge on any atom is -0.464 e. The van der Waals surface area contributed by atoms with Gasteiger partial charge in [-0.3, -0.25) is 0 Å². The Bertz CT molecular complexity index is 645. The summed E-state index contributed by atoms with van der Waals surface area (Å²) in [4.78, 5) is 25.0. The summed E-state index contributed by atoms with van der Waals surface area (Å²) in [7, 11) is 0. The Kier molecular flexibility index (Phi) is 7.47. The Morgan fingerprint density at radius 3 is 2.39 bits per heavy atom. The molecule has 0 radical (unpaired) electrons. The fourth-order valence-corrected chi connectivity index (χ4v) is 2.97. The van der Waals surface area contributed by atoms with Gasteiger partial charge in [0, 0.05) is 12.8 Å². The highest BCUT2D eigenvalue weighted by Gasteiger charge is 2.54. The van der Waals surface area contributed by atoms with Crippen molar-refractivity contribution < 1.29 is 23.8 Å². The van der Waals surface area contributed by atoms with Crippen LogP contribution in [0.1, 0.15) is 59.4 Å². The molecule has 1 N–H and O–H groups in total. The molecule has 0 unspecified atom stereocenters. The van der Waals surface area contributed by atoms with Gasteiger partial charge in [0.1, 0.15) is 11.1 Å². The molecule has 1 fully saturated rings. The van der Waals surface area contributed by atoms with Crippen molar-refractivity contribution >= 4 is 12.1 Å². The minimum atomic E-state index is -1.08. The molecule has 1 aliphatic rings. The molecule has 1 aromatic rings. The van der Waals surface area contributed by atoms with E-state index in [0.717, 1.165) is 12.0 Å². The summed E-state index contributed by atoms with van der Waals surface area (Å²) in [6, 6.07) is 9.85. The maximum Gasteiger partial charge on any atom is 0.408 e. The van der Waals surface area contributed by atoms with E-state index in [0.29, 0.717) is 32.0 Å². The van der Waals surface area contributed by atoms with Crippen LogP contribution in [0.2, 0.25) is 0 Å². The van der Waals surface area contributed by atoms with Crippen LogP contribution in [-0.4, -0.2) is 35.9 Å². The fourth-order valence-electron chi connectivity index (χ4n) is 2.97. The summed E-state index contributed by atoms with van der Waals surface area (Å²) in [6.45, 7) is 10.3. The van der Waals surface area contributed by atoms with Crippen molar-refractivity contribution in [3.8, 4) is 0 Å². The molecule has 1 aromatic carbocycles. The van der Waals surface area contributed by atoms with Crippen LogP contribution in [0.25, 0.3) is 0 Å². The molecule has 1 aliphatic carbocycles. The van der Waals surface area contributed by atoms with Crippen LogP contribution in [-0.2, 0) is 25.6 Å². The van der Waals surface area contributed by atoms with E-state index in [1.165, 1.54) is 0 Å². The highest BCUT2D eigenvalue weighted by atomic mass is 16.6. The predicted molar refractivity (Wildman–Crippen MR) is 107 cm³/mol. The van der Waals surface area contributed by atoms with Gasteiger partial charge in [-0.1, -0.05) is 44.2 Å². The topological polar surface area (TPSA) is 73.9 Å². The maximum absolute atomic E-state index is 12.7. The SMILES string of the molecule is CC(C)CCOC(=O)C1(NC(=O)OC(C)(C)C)CC(OCc2ccccc2)C1. The average molecular weight is 392 g/mol. The number of ether oxygens (including phenoxy) is 3. The molecule has 28 heavy (non-hydrogen) atoms. The van der Waals surface area contributed by atoms with Gasteiger partial charge >= 0.3 is 12.1 Å². The molecule has 0 spiro atoms. The summed E-state index contributed by atoms with van der Waals surface area (Å²) in [6.07, 6.45) is 0.795. The molecule has 1 amide bonds. The number of carbonyl (C=O) groups excluding carboxylic acids is 2. The first kappa shape index (κ1) is 22.2. The van der Waals surface area contributed by atoms with E-state index in [2.05, 4.69) is 19.2 Å². The zero-order valence-electron chi connectivity index (χ0n) is 17.6. The second-order valence-electron chi connectivity index (χ2n) is 8.85. The number of nitrogens with one attached hydrogen (secondary N) is 1. The lowest BCUT2D eigenvalue weighted by atomic mass is 9.74. The van der Waals surface area contributed by atoms with Gasteiger partial charge in [-0.05, 0) is 38.7 Å². The number of amides is 1. The molecule has 0 aliphatic heterocycles. The van der Waals surface area contributed by atoms with E-state index in [9.17, 15) is 9.59 Å². The zero-order valence-corrected chi connectivity index (χ0v) is 17.6. The van der Waals surface area contributed by atoms with Crippen molar-refractivity contribution in [1.82, 2.24) is 5.32 Å². The molecule has 2 rings (SSSR count). The average Bonchev–Trinajstić information content (AvgIpc) is 2.55. The number of alkyl carbamates (subject to hydrolysis) is 1. The largest absolute Gasteiger partial charge is 0.464 e. The first-order valence-corrected chi connectivity index (χ1v) is 9.93. The van der Waals surface area contributed by atoms with E-state index in [-0.39, 0.29) is 6.10 Å². The number of benzene rings is 1. The summed E-state index contributed by atoms with van der Waals surface area (Å²) < 4.78 is 16.7. The molecule has 6 nitrogen and oxygen atoms in total. The van der Waals surface area contributed by atoms with Crippen LogP contribution < -0.4 is 5.32 Å². The molecule has 0 bridgehead atoms. The normalized spacial score (nSPS) is 21.7. The van der Waals surface area contributed by atoms with Crippen LogP contribution in [0.3, 0.4) is 0 Å². The Morgan fingerprint density at radius 2 is 1.82 bits per heavy atom. The minimum absolute atomic E-state index is 0.118. The maximum atomic E-state index is 12.7. The second kappa shape index (κ2) is 9.41. The van der Waals surface area contributed by atoms with Crippen LogP contribution >= 0.6 is 0 Å². The smallest absolute Gasteiger partial charge is 0.408 e. The molecule has 0 saturated heterocycles. The Hall–Kier alpha value is -2.08. The number of esters is 1. The summed E-state index contributed by atoms with van der Waals surface area (Å²) in [5.74, 6) is 0.0180. The second-order valence-corrected chi connectivity index (χ2v) is 8.85. The molecule has 1 saturated carbocycles. The molecule has 0 aromatic heterocycles. The van der Waals surface area contributed by atoms with Crippen molar-refractivity contribution in [3.63, 3.8) is 0 Å². The van der Waals surface area contributed by atoms with Crippen molar-refractivity contribution in [1.29, 1.82) is 0 Å². The van der Waals surface area contributed by atoms with Gasteiger partial charge in [0.25, 0.3) is 0 Å². The van der Waals surface area contributed by atoms with Gasteiger partial charge in [0.15, 0.2) is 0 Å². The fraction of sp³-hybridized carbons (Fsp3) is 0.636. The summed E-state index contributed by atoms with van der Waals surface area (Å²) in [5, 5.41) is 2.74. The molecule has 0 heterocycles. The van der Waals surface area contributed by atoms with E-state index >= 15 is 0 Å². The molecular weight excluding hydrogens is 358 g/mol.